The van der Waals surface area contributed by atoms with E-state index < -0.39 is 0 Å². The number of pyridine rings is 1. The number of rotatable bonds is 3. The normalized spacial score (nSPS) is 10.4. The summed E-state index contributed by atoms with van der Waals surface area (Å²) in [7, 11) is 0. The summed E-state index contributed by atoms with van der Waals surface area (Å²) in [5.74, 6) is 0.287. The molecule has 0 saturated heterocycles. The Kier molecular flexibility index (Phi) is 3.85. The predicted octanol–water partition coefficient (Wildman–Crippen LogP) is 2.66. The van der Waals surface area contributed by atoms with Crippen LogP contribution in [0.25, 0.3) is 10.9 Å². The monoisotopic (exact) mass is 259 g/mol. The van der Waals surface area contributed by atoms with Gasteiger partial charge in [-0.05, 0) is 32.0 Å². The molecule has 2 aromatic rings. The van der Waals surface area contributed by atoms with Crippen LogP contribution in [0.4, 0.5) is 10.5 Å². The van der Waals surface area contributed by atoms with Crippen LogP contribution in [0.1, 0.15) is 13.8 Å². The molecule has 1 heterocycles. The Morgan fingerprint density at radius 1 is 1.26 bits per heavy atom. The third kappa shape index (κ3) is 2.76. The smallest absolute Gasteiger partial charge is 0.398 e. The van der Waals surface area contributed by atoms with Crippen molar-refractivity contribution in [1.82, 2.24) is 9.88 Å². The van der Waals surface area contributed by atoms with Crippen molar-refractivity contribution in [2.24, 2.45) is 0 Å². The zero-order chi connectivity index (χ0) is 13.8. The minimum absolute atomic E-state index is 0.287. The van der Waals surface area contributed by atoms with Crippen LogP contribution < -0.4 is 10.5 Å². The van der Waals surface area contributed by atoms with Crippen LogP contribution >= 0.6 is 0 Å². The molecule has 1 aromatic carbocycles. The first-order chi connectivity index (χ1) is 9.15. The minimum atomic E-state index is -0.388. The molecule has 0 fully saturated rings. The van der Waals surface area contributed by atoms with Gasteiger partial charge in [-0.2, -0.15) is 0 Å². The van der Waals surface area contributed by atoms with E-state index in [4.69, 9.17) is 10.5 Å². The fraction of sp³-hybridized carbons (Fsp3) is 0.286. The van der Waals surface area contributed by atoms with Crippen molar-refractivity contribution in [3.05, 3.63) is 30.3 Å². The fourth-order valence-corrected chi connectivity index (χ4v) is 1.85. The molecule has 0 bridgehead atoms. The molecule has 0 spiro atoms. The van der Waals surface area contributed by atoms with Crippen molar-refractivity contribution in [3.8, 4) is 5.88 Å². The highest BCUT2D eigenvalue weighted by Gasteiger charge is 2.13. The van der Waals surface area contributed by atoms with Gasteiger partial charge in [-0.3, -0.25) is 0 Å². The number of carbonyl (C=O) groups excluding carboxylic acids is 1. The first-order valence-electron chi connectivity index (χ1n) is 6.27. The molecule has 0 radical (unpaired) electrons. The number of amides is 1. The lowest BCUT2D eigenvalue weighted by Crippen LogP contribution is -2.33. The molecule has 100 valence electrons. The molecule has 19 heavy (non-hydrogen) atoms. The Labute approximate surface area is 112 Å². The molecule has 0 aliphatic rings. The van der Waals surface area contributed by atoms with Crippen molar-refractivity contribution in [1.29, 1.82) is 0 Å². The number of hydrogen-bond acceptors (Lipinski definition) is 4. The van der Waals surface area contributed by atoms with Crippen LogP contribution in [0, 0.1) is 0 Å². The van der Waals surface area contributed by atoms with Gasteiger partial charge in [0, 0.05) is 30.2 Å². The summed E-state index contributed by atoms with van der Waals surface area (Å²) in [4.78, 5) is 17.7. The van der Waals surface area contributed by atoms with Crippen LogP contribution in [0.15, 0.2) is 30.3 Å². The highest BCUT2D eigenvalue weighted by molar-refractivity contribution is 5.90. The minimum Gasteiger partial charge on any atom is -0.398 e. The molecule has 0 aliphatic carbocycles. The molecule has 0 atom stereocenters. The van der Waals surface area contributed by atoms with Crippen LogP contribution in [-0.4, -0.2) is 29.1 Å². The molecule has 2 rings (SSSR count). The molecular formula is C14H17N3O2. The molecule has 1 aromatic heterocycles. The standard InChI is InChI=1S/C14H17N3O2/c1-3-17(4-2)14(18)19-13-9-8-10-11(15)6-5-7-12(10)16-13/h5-9H,3-4,15H2,1-2H3. The summed E-state index contributed by atoms with van der Waals surface area (Å²) in [6.07, 6.45) is -0.388. The molecule has 0 aliphatic heterocycles. The number of benzene rings is 1. The molecule has 1 amide bonds. The zero-order valence-corrected chi connectivity index (χ0v) is 11.1. The quantitative estimate of drug-likeness (QED) is 0.860. The maximum absolute atomic E-state index is 11.8. The fourth-order valence-electron chi connectivity index (χ4n) is 1.85. The van der Waals surface area contributed by atoms with Gasteiger partial charge in [-0.25, -0.2) is 9.78 Å². The Hall–Kier alpha value is -2.30. The van der Waals surface area contributed by atoms with E-state index in [2.05, 4.69) is 4.98 Å². The average molecular weight is 259 g/mol. The van der Waals surface area contributed by atoms with Gasteiger partial charge in [0.25, 0.3) is 0 Å². The first kappa shape index (κ1) is 13.1. The van der Waals surface area contributed by atoms with Crippen molar-refractivity contribution < 1.29 is 9.53 Å². The Balaban J connectivity index is 2.25. The highest BCUT2D eigenvalue weighted by atomic mass is 16.6. The number of carbonyl (C=O) groups is 1. The lowest BCUT2D eigenvalue weighted by molar-refractivity contribution is 0.155. The topological polar surface area (TPSA) is 68.5 Å². The van der Waals surface area contributed by atoms with E-state index in [0.29, 0.717) is 24.3 Å². The lowest BCUT2D eigenvalue weighted by Gasteiger charge is -2.17. The number of anilines is 1. The summed E-state index contributed by atoms with van der Waals surface area (Å²) < 4.78 is 5.24. The van der Waals surface area contributed by atoms with E-state index in [-0.39, 0.29) is 12.0 Å². The number of nitrogens with zero attached hydrogens (tertiary/aromatic N) is 2. The van der Waals surface area contributed by atoms with Crippen LogP contribution in [0.5, 0.6) is 5.88 Å². The molecule has 0 unspecified atom stereocenters. The Morgan fingerprint density at radius 2 is 2.00 bits per heavy atom. The van der Waals surface area contributed by atoms with Gasteiger partial charge in [-0.15, -0.1) is 0 Å². The van der Waals surface area contributed by atoms with Gasteiger partial charge in [0.1, 0.15) is 0 Å². The van der Waals surface area contributed by atoms with E-state index >= 15 is 0 Å². The van der Waals surface area contributed by atoms with Crippen molar-refractivity contribution >= 4 is 22.7 Å². The summed E-state index contributed by atoms with van der Waals surface area (Å²) >= 11 is 0. The summed E-state index contributed by atoms with van der Waals surface area (Å²) in [6, 6.07) is 8.93. The molecule has 5 nitrogen and oxygen atoms in total. The van der Waals surface area contributed by atoms with Crippen molar-refractivity contribution in [2.45, 2.75) is 13.8 Å². The summed E-state index contributed by atoms with van der Waals surface area (Å²) in [5.41, 5.74) is 7.21. The third-order valence-electron chi connectivity index (χ3n) is 2.95. The molecular weight excluding hydrogens is 242 g/mol. The number of ether oxygens (including phenoxy) is 1. The largest absolute Gasteiger partial charge is 0.416 e. The second-order valence-electron chi connectivity index (χ2n) is 4.10. The summed E-state index contributed by atoms with van der Waals surface area (Å²) in [6.45, 7) is 5.02. The second-order valence-corrected chi connectivity index (χ2v) is 4.10. The predicted molar refractivity (Wildman–Crippen MR) is 75.1 cm³/mol. The van der Waals surface area contributed by atoms with Gasteiger partial charge in [-0.1, -0.05) is 6.07 Å². The SMILES string of the molecule is CCN(CC)C(=O)Oc1ccc2c(N)cccc2n1. The van der Waals surface area contributed by atoms with Gasteiger partial charge < -0.3 is 15.4 Å². The maximum atomic E-state index is 11.8. The van der Waals surface area contributed by atoms with E-state index in [1.807, 2.05) is 38.1 Å². The van der Waals surface area contributed by atoms with Gasteiger partial charge in [0.15, 0.2) is 0 Å². The van der Waals surface area contributed by atoms with Gasteiger partial charge >= 0.3 is 6.09 Å². The van der Waals surface area contributed by atoms with E-state index in [1.165, 1.54) is 0 Å². The Bertz CT molecular complexity index is 594. The van der Waals surface area contributed by atoms with Crippen molar-refractivity contribution in [3.63, 3.8) is 0 Å². The average Bonchev–Trinajstić information content (AvgIpc) is 2.40. The molecule has 2 N–H and O–H groups in total. The van der Waals surface area contributed by atoms with Crippen LogP contribution in [0.3, 0.4) is 0 Å². The van der Waals surface area contributed by atoms with E-state index in [0.717, 1.165) is 5.39 Å². The summed E-state index contributed by atoms with van der Waals surface area (Å²) in [5, 5.41) is 0.852. The number of nitrogen functional groups attached to an aromatic ring is 1. The van der Waals surface area contributed by atoms with Crippen molar-refractivity contribution in [2.75, 3.05) is 18.8 Å². The molecule has 0 saturated carbocycles. The van der Waals surface area contributed by atoms with Gasteiger partial charge in [0.2, 0.25) is 5.88 Å². The zero-order valence-electron chi connectivity index (χ0n) is 11.1. The van der Waals surface area contributed by atoms with Gasteiger partial charge in [0.05, 0.1) is 5.52 Å². The number of nitrogens with two attached hydrogens (primary N) is 1. The number of fused-ring (bicyclic) bond motifs is 1. The number of aromatic nitrogens is 1. The highest BCUT2D eigenvalue weighted by Crippen LogP contribution is 2.22. The van der Waals surface area contributed by atoms with E-state index in [9.17, 15) is 4.79 Å². The first-order valence-corrected chi connectivity index (χ1v) is 6.27. The van der Waals surface area contributed by atoms with E-state index in [1.54, 1.807) is 11.0 Å². The lowest BCUT2D eigenvalue weighted by atomic mass is 10.2. The van der Waals surface area contributed by atoms with Crippen LogP contribution in [0.2, 0.25) is 0 Å². The number of hydrogen-bond donors (Lipinski definition) is 1. The maximum Gasteiger partial charge on any atom is 0.416 e. The molecule has 5 heteroatoms. The third-order valence-corrected chi connectivity index (χ3v) is 2.95. The van der Waals surface area contributed by atoms with Crippen LogP contribution in [-0.2, 0) is 0 Å². The second kappa shape index (κ2) is 5.56. The Morgan fingerprint density at radius 3 is 2.68 bits per heavy atom.